The molecule has 0 aliphatic heterocycles. The van der Waals surface area contributed by atoms with Gasteiger partial charge in [0.25, 0.3) is 0 Å². The van der Waals surface area contributed by atoms with Gasteiger partial charge < -0.3 is 4.90 Å². The highest BCUT2D eigenvalue weighted by Gasteiger charge is 2.39. The molecule has 20 heavy (non-hydrogen) atoms. The van der Waals surface area contributed by atoms with Crippen LogP contribution in [0.25, 0.3) is 0 Å². The van der Waals surface area contributed by atoms with Crippen molar-refractivity contribution in [2.45, 2.75) is 91.6 Å². The lowest BCUT2D eigenvalue weighted by atomic mass is 9.79. The molecular formula is C18H33NO. The summed E-state index contributed by atoms with van der Waals surface area (Å²) in [5, 5.41) is 0. The first-order valence-electron chi connectivity index (χ1n) is 8.59. The van der Waals surface area contributed by atoms with E-state index in [2.05, 4.69) is 39.5 Å². The van der Waals surface area contributed by atoms with Crippen molar-refractivity contribution >= 4 is 5.91 Å². The molecule has 2 nitrogen and oxygen atoms in total. The van der Waals surface area contributed by atoms with Crippen LogP contribution < -0.4 is 0 Å². The zero-order valence-corrected chi connectivity index (χ0v) is 14.1. The molecule has 0 N–H and O–H groups in total. The zero-order chi connectivity index (χ0) is 14.9. The van der Waals surface area contributed by atoms with Gasteiger partial charge in [0.05, 0.1) is 0 Å². The average Bonchev–Trinajstić information content (AvgIpc) is 3.12. The van der Waals surface area contributed by atoms with Gasteiger partial charge in [0.2, 0.25) is 5.91 Å². The maximum Gasteiger partial charge on any atom is 0.223 e. The highest BCUT2D eigenvalue weighted by atomic mass is 16.2. The monoisotopic (exact) mass is 279 g/mol. The number of nitrogens with zero attached hydrogens (tertiary/aromatic N) is 1. The van der Waals surface area contributed by atoms with Crippen molar-refractivity contribution in [1.29, 1.82) is 0 Å². The lowest BCUT2D eigenvalue weighted by Gasteiger charge is -2.39. The molecule has 2 rings (SSSR count). The number of hydrogen-bond donors (Lipinski definition) is 0. The second-order valence-electron chi connectivity index (χ2n) is 8.58. The van der Waals surface area contributed by atoms with Crippen LogP contribution in [0.5, 0.6) is 0 Å². The van der Waals surface area contributed by atoms with E-state index in [0.29, 0.717) is 24.4 Å². The largest absolute Gasteiger partial charge is 0.337 e. The van der Waals surface area contributed by atoms with E-state index < -0.39 is 0 Å². The van der Waals surface area contributed by atoms with E-state index in [1.54, 1.807) is 0 Å². The van der Waals surface area contributed by atoms with Crippen molar-refractivity contribution in [1.82, 2.24) is 4.90 Å². The summed E-state index contributed by atoms with van der Waals surface area (Å²) in [5.41, 5.74) is 0.110. The van der Waals surface area contributed by atoms with E-state index in [-0.39, 0.29) is 5.41 Å². The predicted octanol–water partition coefficient (Wildman–Crippen LogP) is 4.63. The first-order chi connectivity index (χ1) is 9.28. The first-order valence-corrected chi connectivity index (χ1v) is 8.59. The van der Waals surface area contributed by atoms with Gasteiger partial charge in [-0.2, -0.15) is 0 Å². The van der Waals surface area contributed by atoms with Gasteiger partial charge >= 0.3 is 0 Å². The molecule has 0 spiro atoms. The van der Waals surface area contributed by atoms with Crippen molar-refractivity contribution in [2.75, 3.05) is 0 Å². The standard InChI is InChI=1S/C18H33NO/c1-13(2)14-6-8-15(9-7-14)19(16-10-11-16)17(20)12-18(3,4)5/h13-16H,6-12H2,1-5H3. The van der Waals surface area contributed by atoms with Crippen LogP contribution in [0.2, 0.25) is 0 Å². The molecule has 0 aromatic rings. The molecule has 0 atom stereocenters. The van der Waals surface area contributed by atoms with Gasteiger partial charge in [-0.05, 0) is 55.8 Å². The molecule has 1 amide bonds. The van der Waals surface area contributed by atoms with Gasteiger partial charge in [-0.3, -0.25) is 4.79 Å². The van der Waals surface area contributed by atoms with E-state index in [1.165, 1.54) is 38.5 Å². The molecule has 2 heteroatoms. The maximum absolute atomic E-state index is 12.7. The van der Waals surface area contributed by atoms with E-state index in [1.807, 2.05) is 0 Å². The van der Waals surface area contributed by atoms with Crippen LogP contribution in [-0.2, 0) is 4.79 Å². The molecule has 0 bridgehead atoms. The highest BCUT2D eigenvalue weighted by Crippen LogP contribution is 2.38. The molecule has 2 fully saturated rings. The molecule has 0 aromatic heterocycles. The molecule has 2 aliphatic rings. The Morgan fingerprint density at radius 2 is 1.45 bits per heavy atom. The summed E-state index contributed by atoms with van der Waals surface area (Å²) in [6.07, 6.45) is 8.26. The summed E-state index contributed by atoms with van der Waals surface area (Å²) in [7, 11) is 0. The third-order valence-electron chi connectivity index (χ3n) is 4.99. The number of hydrogen-bond acceptors (Lipinski definition) is 1. The summed E-state index contributed by atoms with van der Waals surface area (Å²) >= 11 is 0. The number of carbonyl (C=O) groups is 1. The summed E-state index contributed by atoms with van der Waals surface area (Å²) in [4.78, 5) is 15.0. The Morgan fingerprint density at radius 1 is 1.00 bits per heavy atom. The number of carbonyl (C=O) groups excluding carboxylic acids is 1. The SMILES string of the molecule is CC(C)C1CCC(N(C(=O)CC(C)(C)C)C2CC2)CC1. The fraction of sp³-hybridized carbons (Fsp3) is 0.944. The summed E-state index contributed by atoms with van der Waals surface area (Å²) < 4.78 is 0. The Balaban J connectivity index is 1.95. The van der Waals surface area contributed by atoms with Crippen LogP contribution in [0, 0.1) is 17.3 Å². The third-order valence-corrected chi connectivity index (χ3v) is 4.99. The Morgan fingerprint density at radius 3 is 1.80 bits per heavy atom. The van der Waals surface area contributed by atoms with Crippen molar-refractivity contribution in [3.63, 3.8) is 0 Å². The minimum absolute atomic E-state index is 0.110. The maximum atomic E-state index is 12.7. The Hall–Kier alpha value is -0.530. The van der Waals surface area contributed by atoms with Crippen molar-refractivity contribution in [2.24, 2.45) is 17.3 Å². The normalized spacial score (nSPS) is 27.7. The number of rotatable bonds is 4. The molecule has 0 unspecified atom stereocenters. The molecule has 0 aromatic carbocycles. The van der Waals surface area contributed by atoms with Crippen molar-refractivity contribution in [3.8, 4) is 0 Å². The minimum atomic E-state index is 0.110. The molecule has 2 saturated carbocycles. The second kappa shape index (κ2) is 6.07. The lowest BCUT2D eigenvalue weighted by molar-refractivity contribution is -0.137. The van der Waals surface area contributed by atoms with E-state index in [4.69, 9.17) is 0 Å². The van der Waals surface area contributed by atoms with Crippen LogP contribution in [-0.4, -0.2) is 22.9 Å². The van der Waals surface area contributed by atoms with Crippen LogP contribution in [0.1, 0.15) is 79.6 Å². The molecular weight excluding hydrogens is 246 g/mol. The van der Waals surface area contributed by atoms with E-state index in [9.17, 15) is 4.79 Å². The lowest BCUT2D eigenvalue weighted by Crippen LogP contribution is -2.45. The van der Waals surface area contributed by atoms with Crippen LogP contribution in [0.15, 0.2) is 0 Å². The quantitative estimate of drug-likeness (QED) is 0.735. The Bertz CT molecular complexity index is 330. The average molecular weight is 279 g/mol. The fourth-order valence-electron chi connectivity index (χ4n) is 3.65. The summed E-state index contributed by atoms with van der Waals surface area (Å²) in [5.74, 6) is 2.09. The van der Waals surface area contributed by atoms with Gasteiger partial charge in [-0.25, -0.2) is 0 Å². The predicted molar refractivity (Wildman–Crippen MR) is 84.5 cm³/mol. The van der Waals surface area contributed by atoms with Gasteiger partial charge in [-0.1, -0.05) is 34.6 Å². The molecule has 0 radical (unpaired) electrons. The summed E-state index contributed by atoms with van der Waals surface area (Å²) in [6, 6.07) is 1.11. The second-order valence-corrected chi connectivity index (χ2v) is 8.58. The third kappa shape index (κ3) is 4.23. The van der Waals surface area contributed by atoms with Gasteiger partial charge in [0.15, 0.2) is 0 Å². The van der Waals surface area contributed by atoms with Crippen molar-refractivity contribution in [3.05, 3.63) is 0 Å². The van der Waals surface area contributed by atoms with E-state index in [0.717, 1.165) is 11.8 Å². The zero-order valence-electron chi connectivity index (χ0n) is 14.1. The molecule has 0 saturated heterocycles. The van der Waals surface area contributed by atoms with Gasteiger partial charge in [-0.15, -0.1) is 0 Å². The minimum Gasteiger partial charge on any atom is -0.337 e. The first kappa shape index (κ1) is 15.9. The smallest absolute Gasteiger partial charge is 0.223 e. The van der Waals surface area contributed by atoms with E-state index >= 15 is 0 Å². The van der Waals surface area contributed by atoms with Crippen LogP contribution >= 0.6 is 0 Å². The van der Waals surface area contributed by atoms with Gasteiger partial charge in [0, 0.05) is 18.5 Å². The summed E-state index contributed by atoms with van der Waals surface area (Å²) in [6.45, 7) is 11.2. The van der Waals surface area contributed by atoms with Gasteiger partial charge in [0.1, 0.15) is 0 Å². The highest BCUT2D eigenvalue weighted by molar-refractivity contribution is 5.78. The Kier molecular flexibility index (Phi) is 4.81. The van der Waals surface area contributed by atoms with Crippen molar-refractivity contribution < 1.29 is 4.79 Å². The molecule has 0 heterocycles. The molecule has 2 aliphatic carbocycles. The Labute approximate surface area is 125 Å². The van der Waals surface area contributed by atoms with Crippen LogP contribution in [0.4, 0.5) is 0 Å². The topological polar surface area (TPSA) is 20.3 Å². The fourth-order valence-corrected chi connectivity index (χ4v) is 3.65. The molecule has 116 valence electrons. The van der Waals surface area contributed by atoms with Crippen LogP contribution in [0.3, 0.4) is 0 Å². The number of amides is 1.